The van der Waals surface area contributed by atoms with E-state index in [0.717, 1.165) is 59.1 Å². The van der Waals surface area contributed by atoms with E-state index in [2.05, 4.69) is 38.5 Å². The van der Waals surface area contributed by atoms with E-state index >= 15 is 4.39 Å². The first kappa shape index (κ1) is 33.0. The molecule has 0 radical (unpaired) electrons. The fraction of sp³-hybridized carbons (Fsp3) is 0.286. The van der Waals surface area contributed by atoms with Crippen LogP contribution < -0.4 is 15.4 Å². The number of thiophene rings is 1. The number of nitrogens with one attached hydrogen (secondary N) is 2. The van der Waals surface area contributed by atoms with Gasteiger partial charge in [-0.25, -0.2) is 17.6 Å². The van der Waals surface area contributed by atoms with Crippen LogP contribution in [0.4, 0.5) is 14.9 Å². The number of likely N-dealkylation sites (N-methyl/N-ethyl adjacent to an activating group) is 1. The van der Waals surface area contributed by atoms with Gasteiger partial charge in [-0.05, 0) is 55.9 Å². The number of rotatable bonds is 9. The molecule has 5 heterocycles. The molecule has 2 aromatic carbocycles. The quantitative estimate of drug-likeness (QED) is 0.206. The minimum atomic E-state index is -3.63. The predicted molar refractivity (Wildman–Crippen MR) is 188 cm³/mol. The van der Waals surface area contributed by atoms with Gasteiger partial charge in [-0.15, -0.1) is 11.3 Å². The summed E-state index contributed by atoms with van der Waals surface area (Å²) in [5.41, 5.74) is 3.91. The number of pyridine rings is 2. The number of nitrogens with zero attached hydrogens (tertiary/aromatic N) is 5. The fourth-order valence-electron chi connectivity index (χ4n) is 5.77. The lowest BCUT2D eigenvalue weighted by Gasteiger charge is -2.38. The number of carbonyl (C=O) groups excluding carboxylic acids is 1. The molecule has 5 aromatic rings. The van der Waals surface area contributed by atoms with Gasteiger partial charge < -0.3 is 20.3 Å². The van der Waals surface area contributed by atoms with Crippen molar-refractivity contribution in [3.8, 4) is 22.1 Å². The van der Waals surface area contributed by atoms with Gasteiger partial charge in [0.1, 0.15) is 5.75 Å². The van der Waals surface area contributed by atoms with Gasteiger partial charge >= 0.3 is 6.03 Å². The molecule has 2 saturated heterocycles. The summed E-state index contributed by atoms with van der Waals surface area (Å²) in [5.74, 6) is -0.202. The molecular weight excluding hydrogens is 666 g/mol. The molecule has 0 saturated carbocycles. The Labute approximate surface area is 288 Å². The minimum absolute atomic E-state index is 0.00394. The number of halogens is 1. The number of ether oxygens (including phenoxy) is 1. The van der Waals surface area contributed by atoms with E-state index in [9.17, 15) is 13.2 Å². The fourth-order valence-corrected chi connectivity index (χ4v) is 8.34. The van der Waals surface area contributed by atoms with E-state index in [1.807, 2.05) is 25.3 Å². The highest BCUT2D eigenvalue weighted by atomic mass is 32.2. The number of hydrogen-bond donors (Lipinski definition) is 2. The molecule has 0 bridgehead atoms. The van der Waals surface area contributed by atoms with Crippen molar-refractivity contribution in [3.05, 3.63) is 96.1 Å². The minimum Gasteiger partial charge on any atom is -0.453 e. The molecule has 0 unspecified atom stereocenters. The van der Waals surface area contributed by atoms with Crippen LogP contribution in [0.1, 0.15) is 11.1 Å². The van der Waals surface area contributed by atoms with Crippen molar-refractivity contribution in [2.24, 2.45) is 0 Å². The second kappa shape index (κ2) is 13.8. The van der Waals surface area contributed by atoms with Crippen LogP contribution in [0.2, 0.25) is 0 Å². The second-order valence-corrected chi connectivity index (χ2v) is 15.4. The first-order valence-electron chi connectivity index (χ1n) is 16.0. The number of anilines is 1. The second-order valence-electron chi connectivity index (χ2n) is 12.4. The van der Waals surface area contributed by atoms with Crippen molar-refractivity contribution in [1.82, 2.24) is 29.4 Å². The third-order valence-electron chi connectivity index (χ3n) is 8.71. The predicted octanol–water partition coefficient (Wildman–Crippen LogP) is 5.54. The van der Waals surface area contributed by atoms with Crippen molar-refractivity contribution in [3.63, 3.8) is 0 Å². The summed E-state index contributed by atoms with van der Waals surface area (Å²) in [6.07, 6.45) is 3.54. The maximum absolute atomic E-state index is 15.2. The molecule has 49 heavy (non-hydrogen) atoms. The van der Waals surface area contributed by atoms with Crippen LogP contribution in [0, 0.1) is 12.7 Å². The topological polar surface area (TPSA) is 120 Å². The molecule has 0 spiro atoms. The average Bonchev–Trinajstić information content (AvgIpc) is 3.51. The van der Waals surface area contributed by atoms with Gasteiger partial charge in [-0.1, -0.05) is 23.8 Å². The zero-order chi connectivity index (χ0) is 34.1. The van der Waals surface area contributed by atoms with Crippen molar-refractivity contribution in [1.29, 1.82) is 0 Å². The summed E-state index contributed by atoms with van der Waals surface area (Å²) in [4.78, 5) is 27.7. The van der Waals surface area contributed by atoms with Gasteiger partial charge in [0.05, 0.1) is 31.7 Å². The van der Waals surface area contributed by atoms with E-state index in [0.29, 0.717) is 5.75 Å². The lowest BCUT2D eigenvalue weighted by Crippen LogP contribution is -2.61. The SMILES string of the molecule is Cc1ccc(S(=O)(=O)N2CC(NC(=O)Nc3ccc(Oc4ccnc5cc(-c6ccc(CN7CCN(C)CC7)cn6)sc45)c(F)c3)C2)cc1. The molecule has 0 aliphatic carbocycles. The Balaban J connectivity index is 0.952. The number of aromatic nitrogens is 2. The van der Waals surface area contributed by atoms with Crippen molar-refractivity contribution >= 4 is 43.3 Å². The van der Waals surface area contributed by atoms with Crippen molar-refractivity contribution < 1.29 is 22.3 Å². The number of piperazine rings is 1. The van der Waals surface area contributed by atoms with E-state index in [1.165, 1.54) is 33.3 Å². The smallest absolute Gasteiger partial charge is 0.319 e. The molecule has 11 nitrogen and oxygen atoms in total. The molecule has 2 fully saturated rings. The van der Waals surface area contributed by atoms with Gasteiger partial charge in [-0.3, -0.25) is 14.9 Å². The first-order chi connectivity index (χ1) is 23.6. The molecule has 2 aliphatic rings. The van der Waals surface area contributed by atoms with Crippen LogP contribution in [0.15, 0.2) is 84.0 Å². The summed E-state index contributed by atoms with van der Waals surface area (Å²) in [7, 11) is -1.48. The van der Waals surface area contributed by atoms with E-state index in [1.54, 1.807) is 42.6 Å². The van der Waals surface area contributed by atoms with E-state index in [-0.39, 0.29) is 35.5 Å². The van der Waals surface area contributed by atoms with Crippen LogP contribution in [0.3, 0.4) is 0 Å². The van der Waals surface area contributed by atoms with Crippen LogP contribution in [0.5, 0.6) is 11.5 Å². The third kappa shape index (κ3) is 7.43. The number of urea groups is 1. The van der Waals surface area contributed by atoms with Crippen LogP contribution in [-0.4, -0.2) is 90.9 Å². The molecule has 254 valence electrons. The van der Waals surface area contributed by atoms with Crippen LogP contribution in [0.25, 0.3) is 20.8 Å². The summed E-state index contributed by atoms with van der Waals surface area (Å²) < 4.78 is 48.9. The Hall–Kier alpha value is -4.47. The zero-order valence-electron chi connectivity index (χ0n) is 27.1. The highest BCUT2D eigenvalue weighted by Gasteiger charge is 2.37. The lowest BCUT2D eigenvalue weighted by atomic mass is 10.2. The molecule has 7 rings (SSSR count). The molecule has 14 heteroatoms. The zero-order valence-corrected chi connectivity index (χ0v) is 28.7. The number of amides is 2. The van der Waals surface area contributed by atoms with Crippen LogP contribution >= 0.6 is 11.3 Å². The van der Waals surface area contributed by atoms with E-state index < -0.39 is 21.9 Å². The van der Waals surface area contributed by atoms with Crippen LogP contribution in [-0.2, 0) is 16.6 Å². The summed E-state index contributed by atoms with van der Waals surface area (Å²) in [6, 6.07) is 17.6. The molecule has 2 amide bonds. The number of aryl methyl sites for hydroxylation is 1. The summed E-state index contributed by atoms with van der Waals surface area (Å²) >= 11 is 1.47. The van der Waals surface area contributed by atoms with Gasteiger partial charge in [0, 0.05) is 76.0 Å². The maximum Gasteiger partial charge on any atom is 0.319 e. The normalized spacial score (nSPS) is 16.4. The summed E-state index contributed by atoms with van der Waals surface area (Å²) in [5, 5.41) is 5.35. The Bertz CT molecular complexity index is 2080. The first-order valence-corrected chi connectivity index (χ1v) is 18.2. The standard InChI is InChI=1S/C35H36FN7O4S2/c1-23-3-7-27(8-4-23)49(45,46)43-21-26(22-43)40-35(44)39-25-6-10-31(28(36)17-25)47-32-11-12-37-30-18-33(48-34(30)32)29-9-5-24(19-38-29)20-42-15-13-41(2)14-16-42/h3-12,17-19,26H,13-16,20-22H2,1-2H3,(H2,39,40,44). The Kier molecular flexibility index (Phi) is 9.31. The highest BCUT2D eigenvalue weighted by Crippen LogP contribution is 2.39. The third-order valence-corrected chi connectivity index (χ3v) is 11.7. The number of benzene rings is 2. The van der Waals surface area contributed by atoms with Crippen molar-refractivity contribution in [2.75, 3.05) is 51.6 Å². The van der Waals surface area contributed by atoms with Gasteiger partial charge in [-0.2, -0.15) is 4.31 Å². The summed E-state index contributed by atoms with van der Waals surface area (Å²) in [6.45, 7) is 7.28. The lowest BCUT2D eigenvalue weighted by molar-refractivity contribution is 0.148. The monoisotopic (exact) mass is 701 g/mol. The number of hydrogen-bond acceptors (Lipinski definition) is 9. The Morgan fingerprint density at radius 1 is 0.980 bits per heavy atom. The van der Waals surface area contributed by atoms with Crippen molar-refractivity contribution in [2.45, 2.75) is 24.4 Å². The maximum atomic E-state index is 15.2. The Morgan fingerprint density at radius 3 is 2.47 bits per heavy atom. The number of sulfonamides is 1. The molecule has 2 N–H and O–H groups in total. The van der Waals surface area contributed by atoms with Gasteiger partial charge in [0.2, 0.25) is 10.0 Å². The largest absolute Gasteiger partial charge is 0.453 e. The number of fused-ring (bicyclic) bond motifs is 1. The molecular formula is C35H36FN7O4S2. The van der Waals surface area contributed by atoms with Gasteiger partial charge in [0.15, 0.2) is 11.6 Å². The Morgan fingerprint density at radius 2 is 1.76 bits per heavy atom. The molecule has 0 atom stereocenters. The number of carbonyl (C=O) groups is 1. The average molecular weight is 702 g/mol. The van der Waals surface area contributed by atoms with E-state index in [4.69, 9.17) is 9.72 Å². The van der Waals surface area contributed by atoms with Gasteiger partial charge in [0.25, 0.3) is 0 Å². The highest BCUT2D eigenvalue weighted by molar-refractivity contribution is 7.89. The molecule has 3 aromatic heterocycles. The molecule has 2 aliphatic heterocycles.